The molecule has 11 unspecified atom stereocenters. The van der Waals surface area contributed by atoms with Gasteiger partial charge in [0, 0.05) is 17.8 Å². The summed E-state index contributed by atoms with van der Waals surface area (Å²) in [6.07, 6.45) is -2.20. The fraction of sp³-hybridized carbons (Fsp3) is 0.680. The normalized spacial score (nSPS) is 39.7. The van der Waals surface area contributed by atoms with E-state index in [2.05, 4.69) is 6.58 Å². The number of ether oxygens (including phenoxy) is 4. The maximum Gasteiger partial charge on any atom is 0.337 e. The molecule has 0 bridgehead atoms. The van der Waals surface area contributed by atoms with Crippen molar-refractivity contribution in [2.24, 2.45) is 23.7 Å². The molecule has 0 aliphatic carbocycles. The summed E-state index contributed by atoms with van der Waals surface area (Å²) in [4.78, 5) is 25.0. The first-order valence-electron chi connectivity index (χ1n) is 12.5. The van der Waals surface area contributed by atoms with Crippen LogP contribution in [0.15, 0.2) is 36.6 Å². The van der Waals surface area contributed by atoms with E-state index in [0.29, 0.717) is 26.1 Å². The third-order valence-corrected chi connectivity index (χ3v) is 7.29. The highest BCUT2D eigenvalue weighted by Crippen LogP contribution is 2.36. The lowest BCUT2D eigenvalue weighted by molar-refractivity contribution is -0.911. The molecular formula is C25H37NO12. The van der Waals surface area contributed by atoms with Gasteiger partial charge in [-0.3, -0.25) is 0 Å². The zero-order valence-corrected chi connectivity index (χ0v) is 21.1. The van der Waals surface area contributed by atoms with Gasteiger partial charge in [0.15, 0.2) is 6.29 Å². The Labute approximate surface area is 220 Å². The van der Waals surface area contributed by atoms with Crippen molar-refractivity contribution < 1.29 is 64.1 Å². The number of rotatable bonds is 10. The van der Waals surface area contributed by atoms with Gasteiger partial charge in [0.25, 0.3) is 0 Å². The van der Waals surface area contributed by atoms with Crippen LogP contribution >= 0.6 is 0 Å². The Bertz CT molecular complexity index is 892. The van der Waals surface area contributed by atoms with Crippen molar-refractivity contribution in [3.8, 4) is 0 Å². The Morgan fingerprint density at radius 3 is 2.50 bits per heavy atom. The van der Waals surface area contributed by atoms with E-state index in [4.69, 9.17) is 18.9 Å². The van der Waals surface area contributed by atoms with Crippen LogP contribution in [0.4, 0.5) is 0 Å². The first-order valence-corrected chi connectivity index (χ1v) is 12.5. The average Bonchev–Trinajstić information content (AvgIpc) is 2.91. The molecule has 0 spiro atoms. The monoisotopic (exact) mass is 543 g/mol. The number of carboxylic acid groups (broad SMARTS) is 1. The van der Waals surface area contributed by atoms with Crippen LogP contribution in [0.2, 0.25) is 0 Å². The van der Waals surface area contributed by atoms with E-state index in [1.54, 1.807) is 12.2 Å². The van der Waals surface area contributed by atoms with Gasteiger partial charge in [-0.1, -0.05) is 18.2 Å². The summed E-state index contributed by atoms with van der Waals surface area (Å²) in [7, 11) is 1.21. The Morgan fingerprint density at radius 1 is 1.16 bits per heavy atom. The molecular weight excluding hydrogens is 506 g/mol. The van der Waals surface area contributed by atoms with Crippen LogP contribution in [-0.4, -0.2) is 114 Å². The number of hydrogen-bond donors (Lipinski definition) is 6. The number of hydrogen-bond acceptors (Lipinski definition) is 12. The number of carbonyl (C=O) groups excluding carboxylic acids is 2. The summed E-state index contributed by atoms with van der Waals surface area (Å²) in [6, 6.07) is 0. The smallest absolute Gasteiger partial charge is 0.337 e. The van der Waals surface area contributed by atoms with Crippen molar-refractivity contribution in [2.75, 3.05) is 40.0 Å². The lowest BCUT2D eigenvalue weighted by atomic mass is 9.81. The molecule has 3 rings (SSSR count). The number of quaternary nitrogens is 1. The van der Waals surface area contributed by atoms with Crippen LogP contribution in [0.3, 0.4) is 0 Å². The molecule has 2 saturated heterocycles. The molecule has 6 N–H and O–H groups in total. The number of aliphatic hydroxyl groups is 5. The number of allylic oxidation sites excluding steroid dienone is 1. The van der Waals surface area contributed by atoms with E-state index in [-0.39, 0.29) is 18.1 Å². The van der Waals surface area contributed by atoms with Crippen LogP contribution in [0, 0.1) is 23.7 Å². The molecule has 0 aromatic rings. The standard InChI is InChI=1S/C25H37NO12/c1-3-15-16(5-4-13-8-14(22(32)33)10-26(9-13)6-7-27)17(23(34)35-2)12-36-24(15)38-25-21(31)20(30)19(29)18(11-28)37-25/h3-5,12-16,18-21,24-25,27-31H,1,6-11H2,2H3,(H,32,33). The topological polar surface area (TPSA) is 200 Å². The highest BCUT2D eigenvalue weighted by atomic mass is 16.8. The minimum atomic E-state index is -1.66. The molecule has 3 aliphatic rings. The van der Waals surface area contributed by atoms with Crippen molar-refractivity contribution in [3.63, 3.8) is 0 Å². The summed E-state index contributed by atoms with van der Waals surface area (Å²) in [5.41, 5.74) is 0.147. The van der Waals surface area contributed by atoms with E-state index in [1.807, 2.05) is 0 Å². The molecule has 214 valence electrons. The van der Waals surface area contributed by atoms with Gasteiger partial charge in [0.2, 0.25) is 6.29 Å². The molecule has 0 saturated carbocycles. The fourth-order valence-electron chi connectivity index (χ4n) is 5.21. The van der Waals surface area contributed by atoms with Crippen LogP contribution in [0.1, 0.15) is 6.42 Å². The first-order chi connectivity index (χ1) is 18.1. The van der Waals surface area contributed by atoms with Crippen molar-refractivity contribution in [1.82, 2.24) is 0 Å². The van der Waals surface area contributed by atoms with Gasteiger partial charge < -0.3 is 59.3 Å². The molecule has 0 amide bonds. The van der Waals surface area contributed by atoms with E-state index in [0.717, 1.165) is 11.2 Å². The molecule has 0 radical (unpaired) electrons. The van der Waals surface area contributed by atoms with E-state index < -0.39 is 73.3 Å². The van der Waals surface area contributed by atoms with Gasteiger partial charge in [0.1, 0.15) is 31.0 Å². The maximum atomic E-state index is 12.5. The number of aliphatic carboxylic acids is 1. The number of piperidine rings is 1. The van der Waals surface area contributed by atoms with E-state index in [9.17, 15) is 40.2 Å². The number of esters is 1. The third kappa shape index (κ3) is 6.79. The lowest BCUT2D eigenvalue weighted by Gasteiger charge is -2.42. The third-order valence-electron chi connectivity index (χ3n) is 7.29. The second-order valence-electron chi connectivity index (χ2n) is 9.77. The van der Waals surface area contributed by atoms with E-state index in [1.165, 1.54) is 13.2 Å². The van der Waals surface area contributed by atoms with Gasteiger partial charge >= 0.3 is 5.97 Å². The van der Waals surface area contributed by atoms with Crippen LogP contribution in [0.5, 0.6) is 0 Å². The minimum absolute atomic E-state index is 0.0871. The Hall–Kier alpha value is -2.36. The minimum Gasteiger partial charge on any atom is -0.550 e. The average molecular weight is 544 g/mol. The largest absolute Gasteiger partial charge is 0.550 e. The van der Waals surface area contributed by atoms with Gasteiger partial charge in [-0.15, -0.1) is 6.58 Å². The maximum absolute atomic E-state index is 12.5. The van der Waals surface area contributed by atoms with Gasteiger partial charge in [-0.25, -0.2) is 4.79 Å². The first kappa shape index (κ1) is 30.2. The van der Waals surface area contributed by atoms with Gasteiger partial charge in [0.05, 0.1) is 57.1 Å². The molecule has 3 aliphatic heterocycles. The quantitative estimate of drug-likeness (QED) is 0.114. The molecule has 0 aromatic carbocycles. The van der Waals surface area contributed by atoms with Crippen LogP contribution in [-0.2, 0) is 28.5 Å². The summed E-state index contributed by atoms with van der Waals surface area (Å²) in [6.45, 7) is 4.41. The Kier molecular flexibility index (Phi) is 10.8. The summed E-state index contributed by atoms with van der Waals surface area (Å²) < 4.78 is 21.7. The molecule has 38 heavy (non-hydrogen) atoms. The Balaban J connectivity index is 1.84. The SMILES string of the molecule is C=CC1C(OC2OC(CO)C(O)C(O)C2O)OC=C(C(=O)OC)C1C=CC1CC(C(=O)[O-])C[NH+](CCO)C1. The number of carbonyl (C=O) groups is 2. The molecule has 11 atom stereocenters. The summed E-state index contributed by atoms with van der Waals surface area (Å²) in [5.74, 6) is -4.11. The predicted octanol–water partition coefficient (Wildman–Crippen LogP) is -4.55. The number of aliphatic hydroxyl groups excluding tert-OH is 5. The molecule has 0 aromatic heterocycles. The van der Waals surface area contributed by atoms with Crippen molar-refractivity contribution in [3.05, 3.63) is 36.6 Å². The number of carboxylic acids is 1. The zero-order chi connectivity index (χ0) is 28.0. The van der Waals surface area contributed by atoms with Gasteiger partial charge in [-0.2, -0.15) is 0 Å². The molecule has 3 heterocycles. The van der Waals surface area contributed by atoms with E-state index >= 15 is 0 Å². The lowest BCUT2D eigenvalue weighted by Crippen LogP contribution is -3.15. The van der Waals surface area contributed by atoms with Crippen molar-refractivity contribution in [2.45, 2.75) is 43.4 Å². The predicted molar refractivity (Wildman–Crippen MR) is 125 cm³/mol. The molecule has 2 fully saturated rings. The summed E-state index contributed by atoms with van der Waals surface area (Å²) in [5, 5.41) is 60.8. The second kappa shape index (κ2) is 13.6. The highest BCUT2D eigenvalue weighted by Gasteiger charge is 2.47. The summed E-state index contributed by atoms with van der Waals surface area (Å²) >= 11 is 0. The molecule has 13 nitrogen and oxygen atoms in total. The highest BCUT2D eigenvalue weighted by molar-refractivity contribution is 5.89. The van der Waals surface area contributed by atoms with Crippen molar-refractivity contribution >= 4 is 11.9 Å². The Morgan fingerprint density at radius 2 is 1.89 bits per heavy atom. The second-order valence-corrected chi connectivity index (χ2v) is 9.77. The van der Waals surface area contributed by atoms with Crippen LogP contribution < -0.4 is 10.0 Å². The fourth-order valence-corrected chi connectivity index (χ4v) is 5.21. The molecule has 13 heteroatoms. The number of methoxy groups -OCH3 is 1. The zero-order valence-electron chi connectivity index (χ0n) is 21.1. The van der Waals surface area contributed by atoms with Crippen molar-refractivity contribution in [1.29, 1.82) is 0 Å². The number of likely N-dealkylation sites (tertiary alicyclic amines) is 1. The van der Waals surface area contributed by atoms with Gasteiger partial charge in [-0.05, 0) is 6.42 Å². The van der Waals surface area contributed by atoms with Crippen LogP contribution in [0.25, 0.3) is 0 Å². The number of nitrogens with one attached hydrogen (secondary N) is 1.